The third kappa shape index (κ3) is 4.83. The predicted molar refractivity (Wildman–Crippen MR) is 101 cm³/mol. The molecule has 0 saturated heterocycles. The molecule has 0 bridgehead atoms. The van der Waals surface area contributed by atoms with Crippen molar-refractivity contribution in [3.8, 4) is 11.8 Å². The van der Waals surface area contributed by atoms with Crippen LogP contribution in [0, 0.1) is 11.3 Å². The summed E-state index contributed by atoms with van der Waals surface area (Å²) in [4.78, 5) is 23.9. The Morgan fingerprint density at radius 3 is 2.37 bits per heavy atom. The van der Waals surface area contributed by atoms with Crippen LogP contribution in [0.3, 0.4) is 0 Å². The second-order valence-corrected chi connectivity index (χ2v) is 5.84. The van der Waals surface area contributed by atoms with Gasteiger partial charge in [0.1, 0.15) is 5.75 Å². The van der Waals surface area contributed by atoms with Crippen molar-refractivity contribution in [2.45, 2.75) is 6.42 Å². The summed E-state index contributed by atoms with van der Waals surface area (Å²) in [7, 11) is 0. The van der Waals surface area contributed by atoms with Crippen molar-refractivity contribution in [2.24, 2.45) is 0 Å². The summed E-state index contributed by atoms with van der Waals surface area (Å²) in [6, 6.07) is 22.0. The first-order chi connectivity index (χ1) is 13.2. The lowest BCUT2D eigenvalue weighted by molar-refractivity contribution is -0.129. The molecule has 3 rings (SSSR count). The summed E-state index contributed by atoms with van der Waals surface area (Å²) in [6.45, 7) is -0.250. The molecular weight excluding hydrogens is 342 g/mol. The molecule has 0 unspecified atom stereocenters. The molecule has 2 amide bonds. The van der Waals surface area contributed by atoms with Crippen LogP contribution in [0.15, 0.2) is 66.7 Å². The summed E-state index contributed by atoms with van der Waals surface area (Å²) < 4.78 is 5.30. The van der Waals surface area contributed by atoms with Crippen molar-refractivity contribution >= 4 is 22.6 Å². The van der Waals surface area contributed by atoms with Gasteiger partial charge in [-0.2, -0.15) is 5.26 Å². The smallest absolute Gasteiger partial charge is 0.276 e. The van der Waals surface area contributed by atoms with Crippen molar-refractivity contribution in [3.05, 3.63) is 77.9 Å². The predicted octanol–water partition coefficient (Wildman–Crippen LogP) is 2.48. The fraction of sp³-hybridized carbons (Fsp3) is 0.0952. The summed E-state index contributed by atoms with van der Waals surface area (Å²) in [5.41, 5.74) is 6.11. The van der Waals surface area contributed by atoms with E-state index in [4.69, 9.17) is 10.00 Å². The lowest BCUT2D eigenvalue weighted by Gasteiger charge is -2.10. The number of hydrogen-bond donors (Lipinski definition) is 2. The fourth-order valence-electron chi connectivity index (χ4n) is 2.61. The van der Waals surface area contributed by atoms with Crippen molar-refractivity contribution in [2.75, 3.05) is 6.61 Å². The second kappa shape index (κ2) is 8.50. The van der Waals surface area contributed by atoms with Gasteiger partial charge in [0.2, 0.25) is 5.91 Å². The third-order valence-electron chi connectivity index (χ3n) is 3.93. The lowest BCUT2D eigenvalue weighted by atomic mass is 10.0. The molecule has 0 aliphatic carbocycles. The van der Waals surface area contributed by atoms with Gasteiger partial charge in [0.25, 0.3) is 5.91 Å². The van der Waals surface area contributed by atoms with Crippen LogP contribution in [0.5, 0.6) is 5.75 Å². The number of fused-ring (bicyclic) bond motifs is 1. The molecule has 6 nitrogen and oxygen atoms in total. The zero-order chi connectivity index (χ0) is 19.1. The maximum Gasteiger partial charge on any atom is 0.276 e. The van der Waals surface area contributed by atoms with Gasteiger partial charge >= 0.3 is 0 Å². The number of hydrazine groups is 1. The van der Waals surface area contributed by atoms with E-state index >= 15 is 0 Å². The second-order valence-electron chi connectivity index (χ2n) is 5.84. The summed E-state index contributed by atoms with van der Waals surface area (Å²) in [6.07, 6.45) is 0.151. The highest BCUT2D eigenvalue weighted by Crippen LogP contribution is 2.18. The maximum atomic E-state index is 12.1. The maximum absolute atomic E-state index is 12.1. The zero-order valence-electron chi connectivity index (χ0n) is 14.4. The fourth-order valence-corrected chi connectivity index (χ4v) is 2.61. The third-order valence-corrected chi connectivity index (χ3v) is 3.93. The van der Waals surface area contributed by atoms with Crippen LogP contribution in [-0.4, -0.2) is 18.4 Å². The molecule has 3 aromatic carbocycles. The van der Waals surface area contributed by atoms with Crippen molar-refractivity contribution in [1.82, 2.24) is 10.9 Å². The highest BCUT2D eigenvalue weighted by Gasteiger charge is 2.09. The van der Waals surface area contributed by atoms with E-state index in [1.54, 1.807) is 24.3 Å². The highest BCUT2D eigenvalue weighted by atomic mass is 16.5. The monoisotopic (exact) mass is 359 g/mol. The number of carbonyl (C=O) groups is 2. The van der Waals surface area contributed by atoms with Gasteiger partial charge in [0.05, 0.1) is 18.1 Å². The van der Waals surface area contributed by atoms with E-state index < -0.39 is 5.91 Å². The van der Waals surface area contributed by atoms with Gasteiger partial charge in [-0.25, -0.2) is 0 Å². The Kier molecular flexibility index (Phi) is 5.65. The minimum Gasteiger partial charge on any atom is -0.484 e. The molecule has 27 heavy (non-hydrogen) atoms. The van der Waals surface area contributed by atoms with Gasteiger partial charge in [-0.1, -0.05) is 42.5 Å². The van der Waals surface area contributed by atoms with Crippen molar-refractivity contribution in [1.29, 1.82) is 5.26 Å². The van der Waals surface area contributed by atoms with Gasteiger partial charge in [0, 0.05) is 0 Å². The van der Waals surface area contributed by atoms with Crippen LogP contribution in [-0.2, 0) is 16.0 Å². The van der Waals surface area contributed by atoms with Gasteiger partial charge < -0.3 is 4.74 Å². The van der Waals surface area contributed by atoms with E-state index in [2.05, 4.69) is 10.9 Å². The Morgan fingerprint density at radius 2 is 1.59 bits per heavy atom. The summed E-state index contributed by atoms with van der Waals surface area (Å²) >= 11 is 0. The molecule has 3 aromatic rings. The minimum absolute atomic E-state index is 0.151. The van der Waals surface area contributed by atoms with Gasteiger partial charge in [0.15, 0.2) is 6.61 Å². The molecule has 0 aliphatic heterocycles. The number of ether oxygens (including phenoxy) is 1. The largest absolute Gasteiger partial charge is 0.484 e. The Bertz CT molecular complexity index is 1000. The van der Waals surface area contributed by atoms with Crippen molar-refractivity contribution in [3.63, 3.8) is 0 Å². The topological polar surface area (TPSA) is 91.2 Å². The molecule has 0 spiro atoms. The SMILES string of the molecule is N#Cc1ccc(OCC(=O)NNC(=O)Cc2cccc3ccccc23)cc1. The standard InChI is InChI=1S/C21H17N3O3/c22-13-15-8-10-18(11-9-15)27-14-21(26)24-23-20(25)12-17-6-3-5-16-4-1-2-7-19(16)17/h1-11H,12,14H2,(H,23,25)(H,24,26). The van der Waals surface area contributed by atoms with Crippen molar-refractivity contribution < 1.29 is 14.3 Å². The molecule has 2 N–H and O–H groups in total. The van der Waals surface area contributed by atoms with Crippen LogP contribution in [0.25, 0.3) is 10.8 Å². The molecule has 0 aliphatic rings. The zero-order valence-corrected chi connectivity index (χ0v) is 14.4. The number of amides is 2. The quantitative estimate of drug-likeness (QED) is 0.685. The molecular formula is C21H17N3O3. The lowest BCUT2D eigenvalue weighted by Crippen LogP contribution is -2.44. The number of carbonyl (C=O) groups excluding carboxylic acids is 2. The Hall–Kier alpha value is -3.85. The van der Waals surface area contributed by atoms with Crippen LogP contribution < -0.4 is 15.6 Å². The molecule has 0 aromatic heterocycles. The van der Waals surface area contributed by atoms with Gasteiger partial charge in [-0.3, -0.25) is 20.4 Å². The molecule has 0 radical (unpaired) electrons. The average Bonchev–Trinajstić information content (AvgIpc) is 2.71. The molecule has 0 saturated carbocycles. The number of hydrogen-bond acceptors (Lipinski definition) is 4. The van der Waals surface area contributed by atoms with Gasteiger partial charge in [-0.05, 0) is 40.6 Å². The molecule has 134 valence electrons. The number of nitrogens with one attached hydrogen (secondary N) is 2. The van der Waals surface area contributed by atoms with Gasteiger partial charge in [-0.15, -0.1) is 0 Å². The normalized spacial score (nSPS) is 10.0. The molecule has 0 fully saturated rings. The number of benzene rings is 3. The number of nitriles is 1. The Labute approximate surface area is 156 Å². The van der Waals surface area contributed by atoms with E-state index in [-0.39, 0.29) is 18.9 Å². The molecule has 0 atom stereocenters. The molecule has 6 heteroatoms. The first-order valence-corrected chi connectivity index (χ1v) is 8.33. The van der Waals surface area contributed by atoms with Crippen LogP contribution in [0.1, 0.15) is 11.1 Å². The molecule has 0 heterocycles. The average molecular weight is 359 g/mol. The van der Waals surface area contributed by atoms with E-state index in [0.717, 1.165) is 16.3 Å². The number of rotatable bonds is 5. The first kappa shape index (κ1) is 18.0. The van der Waals surface area contributed by atoms with E-state index in [1.807, 2.05) is 48.5 Å². The highest BCUT2D eigenvalue weighted by molar-refractivity contribution is 5.91. The first-order valence-electron chi connectivity index (χ1n) is 8.33. The Morgan fingerprint density at radius 1 is 0.889 bits per heavy atom. The van der Waals surface area contributed by atoms with Crippen LogP contribution >= 0.6 is 0 Å². The van der Waals surface area contributed by atoms with E-state index in [0.29, 0.717) is 11.3 Å². The Balaban J connectivity index is 1.48. The van der Waals surface area contributed by atoms with Crippen LogP contribution in [0.4, 0.5) is 0 Å². The van der Waals surface area contributed by atoms with E-state index in [1.165, 1.54) is 0 Å². The summed E-state index contributed by atoms with van der Waals surface area (Å²) in [5, 5.41) is 10.8. The van der Waals surface area contributed by atoms with E-state index in [9.17, 15) is 9.59 Å². The summed E-state index contributed by atoms with van der Waals surface area (Å²) in [5.74, 6) is -0.338. The number of nitrogens with zero attached hydrogens (tertiary/aromatic N) is 1. The minimum atomic E-state index is -0.481. The van der Waals surface area contributed by atoms with Crippen LogP contribution in [0.2, 0.25) is 0 Å².